The first kappa shape index (κ1) is 31.3. The molecule has 0 unspecified atom stereocenters. The number of unbranched alkanes of at least 4 members (excludes halogenated alkanes) is 11. The smallest absolute Gasteiger partial charge is 0.287 e. The van der Waals surface area contributed by atoms with Crippen molar-refractivity contribution in [2.24, 2.45) is 0 Å². The van der Waals surface area contributed by atoms with Crippen LogP contribution in [-0.2, 0) is 25.1 Å². The fraction of sp³-hybridized carbons (Fsp3) is 0.679. The van der Waals surface area contributed by atoms with E-state index in [0.29, 0.717) is 12.2 Å². The highest BCUT2D eigenvalue weighted by molar-refractivity contribution is 7.92. The molecule has 7 nitrogen and oxygen atoms in total. The number of benzene rings is 1. The number of nitrogens with zero attached hydrogens (tertiary/aromatic N) is 1. The molecule has 0 aliphatic heterocycles. The molecule has 0 radical (unpaired) electrons. The number of sulfone groups is 2. The van der Waals surface area contributed by atoms with Gasteiger partial charge in [0.25, 0.3) is 5.56 Å². The van der Waals surface area contributed by atoms with E-state index in [9.17, 15) is 21.6 Å². The van der Waals surface area contributed by atoms with Gasteiger partial charge >= 0.3 is 0 Å². The lowest BCUT2D eigenvalue weighted by Crippen LogP contribution is -2.17. The zero-order chi connectivity index (χ0) is 27.7. The molecule has 0 amide bonds. The fourth-order valence-electron chi connectivity index (χ4n) is 4.25. The molecule has 2 rings (SSSR count). The predicted octanol–water partition coefficient (Wildman–Crippen LogP) is 6.61. The first-order chi connectivity index (χ1) is 17.3. The van der Waals surface area contributed by atoms with Crippen molar-refractivity contribution in [3.05, 3.63) is 40.4 Å². The lowest BCUT2D eigenvalue weighted by atomic mass is 9.94. The predicted molar refractivity (Wildman–Crippen MR) is 149 cm³/mol. The van der Waals surface area contributed by atoms with Crippen molar-refractivity contribution in [1.29, 1.82) is 0 Å². The zero-order valence-electron chi connectivity index (χ0n) is 23.2. The Morgan fingerprint density at radius 3 is 1.76 bits per heavy atom. The number of aromatic nitrogens is 1. The summed E-state index contributed by atoms with van der Waals surface area (Å²) in [5.74, 6) is 0.292. The maximum absolute atomic E-state index is 13.4. The maximum atomic E-state index is 13.4. The Bertz CT molecular complexity index is 1260. The summed E-state index contributed by atoms with van der Waals surface area (Å²) in [6.45, 7) is 7.87. The topological polar surface area (TPSA) is 103 Å². The van der Waals surface area contributed by atoms with Gasteiger partial charge in [-0.1, -0.05) is 98.3 Å². The van der Waals surface area contributed by atoms with Crippen LogP contribution in [0.3, 0.4) is 0 Å². The lowest BCUT2D eigenvalue weighted by molar-refractivity contribution is 0.274. The van der Waals surface area contributed by atoms with Crippen LogP contribution in [0.25, 0.3) is 5.69 Å². The number of hydrogen-bond donors (Lipinski definition) is 0. The molecule has 210 valence electrons. The second kappa shape index (κ2) is 13.8. The summed E-state index contributed by atoms with van der Waals surface area (Å²) >= 11 is 0. The molecular weight excluding hydrogens is 510 g/mol. The molecule has 0 N–H and O–H groups in total. The van der Waals surface area contributed by atoms with Gasteiger partial charge in [0.2, 0.25) is 0 Å². The van der Waals surface area contributed by atoms with Gasteiger partial charge in [-0.25, -0.2) is 16.8 Å². The van der Waals surface area contributed by atoms with E-state index in [1.807, 2.05) is 20.8 Å². The van der Waals surface area contributed by atoms with Gasteiger partial charge in [0.15, 0.2) is 19.7 Å². The van der Waals surface area contributed by atoms with Crippen molar-refractivity contribution in [1.82, 2.24) is 4.74 Å². The molecule has 1 heterocycles. The molecule has 0 aliphatic carbocycles. The lowest BCUT2D eigenvalue weighted by Gasteiger charge is -2.14. The highest BCUT2D eigenvalue weighted by Crippen LogP contribution is 2.28. The van der Waals surface area contributed by atoms with Gasteiger partial charge in [-0.2, -0.15) is 0 Å². The number of hydrogen-bond acceptors (Lipinski definition) is 6. The van der Waals surface area contributed by atoms with Gasteiger partial charge < -0.3 is 4.52 Å². The Labute approximate surface area is 223 Å². The molecule has 0 spiro atoms. The summed E-state index contributed by atoms with van der Waals surface area (Å²) in [6, 6.07) is 5.13. The Morgan fingerprint density at radius 1 is 0.784 bits per heavy atom. The van der Waals surface area contributed by atoms with Crippen LogP contribution in [0, 0.1) is 0 Å². The summed E-state index contributed by atoms with van der Waals surface area (Å²) < 4.78 is 57.7. The van der Waals surface area contributed by atoms with E-state index in [4.69, 9.17) is 4.52 Å². The molecule has 0 aliphatic rings. The Morgan fingerprint density at radius 2 is 1.30 bits per heavy atom. The summed E-state index contributed by atoms with van der Waals surface area (Å²) in [5.41, 5.74) is -0.920. The average Bonchev–Trinajstić information content (AvgIpc) is 3.21. The van der Waals surface area contributed by atoms with Crippen molar-refractivity contribution < 1.29 is 21.4 Å². The van der Waals surface area contributed by atoms with E-state index in [1.54, 1.807) is 0 Å². The highest BCUT2D eigenvalue weighted by Gasteiger charge is 2.27. The largest absolute Gasteiger partial charge is 0.375 e. The molecule has 9 heteroatoms. The Hall–Kier alpha value is -1.87. The third-order valence-corrected chi connectivity index (χ3v) is 9.50. The van der Waals surface area contributed by atoms with Crippen molar-refractivity contribution in [3.8, 4) is 5.69 Å². The fourth-order valence-corrected chi connectivity index (χ4v) is 6.55. The third-order valence-electron chi connectivity index (χ3n) is 6.56. The highest BCUT2D eigenvalue weighted by atomic mass is 32.2. The van der Waals surface area contributed by atoms with E-state index in [1.165, 1.54) is 69.6 Å². The van der Waals surface area contributed by atoms with Crippen LogP contribution in [0.15, 0.2) is 43.4 Å². The average molecular weight is 556 g/mol. The molecule has 1 aromatic heterocycles. The summed E-state index contributed by atoms with van der Waals surface area (Å²) in [6.07, 6.45) is 14.5. The van der Waals surface area contributed by atoms with Gasteiger partial charge in [0, 0.05) is 17.7 Å². The molecule has 1 aromatic carbocycles. The Kier molecular flexibility index (Phi) is 11.7. The summed E-state index contributed by atoms with van der Waals surface area (Å²) in [4.78, 5) is 12.4. The van der Waals surface area contributed by atoms with Crippen LogP contribution in [0.2, 0.25) is 0 Å². The van der Waals surface area contributed by atoms with Crippen molar-refractivity contribution in [3.63, 3.8) is 0 Å². The van der Waals surface area contributed by atoms with Gasteiger partial charge in [-0.3, -0.25) is 4.79 Å². The molecule has 0 saturated carbocycles. The van der Waals surface area contributed by atoms with Crippen molar-refractivity contribution >= 4 is 19.7 Å². The molecule has 0 bridgehead atoms. The van der Waals surface area contributed by atoms with Gasteiger partial charge in [0.05, 0.1) is 15.5 Å². The Balaban J connectivity index is 2.07. The molecule has 37 heavy (non-hydrogen) atoms. The standard InChI is InChI=1S/C28H45NO6S2/c1-6-7-8-9-10-11-12-13-14-15-16-17-20-37(33,34)25-21-23(36(5,31)32)18-19-24(25)29-27(30)22-26(35-29)28(2,3)4/h18-19,21-22H,6-17,20H2,1-5H3. The van der Waals surface area contributed by atoms with E-state index in [-0.39, 0.29) is 21.2 Å². The SMILES string of the molecule is CCCCCCCCCCCCCCS(=O)(=O)c1cc(S(C)(=O)=O)ccc1-n1oc(C(C)(C)C)cc1=O. The van der Waals surface area contributed by atoms with Crippen LogP contribution in [0.1, 0.15) is 111 Å². The quantitative estimate of drug-likeness (QED) is 0.216. The first-order valence-electron chi connectivity index (χ1n) is 13.6. The molecule has 0 fully saturated rings. The van der Waals surface area contributed by atoms with Crippen LogP contribution in [-0.4, -0.2) is 33.6 Å². The van der Waals surface area contributed by atoms with E-state index in [2.05, 4.69) is 6.92 Å². The molecule has 2 aromatic rings. The monoisotopic (exact) mass is 555 g/mol. The molecule has 0 saturated heterocycles. The van der Waals surface area contributed by atoms with Crippen LogP contribution in [0.4, 0.5) is 0 Å². The second-order valence-electron chi connectivity index (χ2n) is 11.1. The van der Waals surface area contributed by atoms with Crippen molar-refractivity contribution in [2.45, 2.75) is 120 Å². The number of rotatable bonds is 16. The zero-order valence-corrected chi connectivity index (χ0v) is 24.8. The van der Waals surface area contributed by atoms with Gasteiger partial charge in [0.1, 0.15) is 11.4 Å². The maximum Gasteiger partial charge on any atom is 0.287 e. The summed E-state index contributed by atoms with van der Waals surface area (Å²) in [5, 5.41) is 0. The minimum absolute atomic E-state index is 0.0341. The van der Waals surface area contributed by atoms with E-state index >= 15 is 0 Å². The second-order valence-corrected chi connectivity index (χ2v) is 15.2. The van der Waals surface area contributed by atoms with Crippen LogP contribution < -0.4 is 5.56 Å². The van der Waals surface area contributed by atoms with E-state index < -0.39 is 30.6 Å². The third kappa shape index (κ3) is 9.74. The molecule has 0 atom stereocenters. The van der Waals surface area contributed by atoms with Gasteiger partial charge in [-0.05, 0) is 24.6 Å². The minimum atomic E-state index is -3.86. The molecular formula is C28H45NO6S2. The summed E-state index contributed by atoms with van der Waals surface area (Å²) in [7, 11) is -7.50. The van der Waals surface area contributed by atoms with E-state index in [0.717, 1.165) is 36.3 Å². The van der Waals surface area contributed by atoms with Crippen LogP contribution in [0.5, 0.6) is 0 Å². The first-order valence-corrected chi connectivity index (χ1v) is 17.1. The van der Waals surface area contributed by atoms with Crippen molar-refractivity contribution in [2.75, 3.05) is 12.0 Å². The van der Waals surface area contributed by atoms with Crippen LogP contribution >= 0.6 is 0 Å². The normalized spacial score (nSPS) is 12.8. The van der Waals surface area contributed by atoms with Gasteiger partial charge in [-0.15, -0.1) is 4.74 Å². The minimum Gasteiger partial charge on any atom is -0.375 e.